The Morgan fingerprint density at radius 3 is 2.26 bits per heavy atom. The van der Waals surface area contributed by atoms with Gasteiger partial charge in [-0.25, -0.2) is 0 Å². The van der Waals surface area contributed by atoms with Crippen molar-refractivity contribution in [3.8, 4) is 11.5 Å². The van der Waals surface area contributed by atoms with Crippen LogP contribution in [0.4, 0.5) is 0 Å². The van der Waals surface area contributed by atoms with Gasteiger partial charge in [0.25, 0.3) is 5.91 Å². The number of nitrogens with zero attached hydrogens (tertiary/aromatic N) is 2. The van der Waals surface area contributed by atoms with Gasteiger partial charge in [-0.2, -0.15) is 0 Å². The van der Waals surface area contributed by atoms with E-state index in [1.165, 1.54) is 5.56 Å². The molecule has 0 radical (unpaired) electrons. The molecule has 0 spiro atoms. The van der Waals surface area contributed by atoms with Crippen LogP contribution in [0.2, 0.25) is 0 Å². The second-order valence-corrected chi connectivity index (χ2v) is 8.04. The van der Waals surface area contributed by atoms with Crippen molar-refractivity contribution in [3.05, 3.63) is 60.2 Å². The van der Waals surface area contributed by atoms with Gasteiger partial charge in [-0.1, -0.05) is 30.3 Å². The van der Waals surface area contributed by atoms with Crippen LogP contribution in [0.1, 0.15) is 25.3 Å². The van der Waals surface area contributed by atoms with E-state index in [1.54, 1.807) is 14.0 Å². The van der Waals surface area contributed by atoms with Gasteiger partial charge in [0.15, 0.2) is 6.10 Å². The van der Waals surface area contributed by atoms with E-state index in [-0.39, 0.29) is 5.91 Å². The van der Waals surface area contributed by atoms with Crippen molar-refractivity contribution >= 4 is 5.91 Å². The molecular weight excluding hydrogens is 390 g/mol. The number of ether oxygens (including phenoxy) is 2. The Hall–Kier alpha value is -2.57. The molecule has 6 nitrogen and oxygen atoms in total. The van der Waals surface area contributed by atoms with Crippen molar-refractivity contribution in [1.82, 2.24) is 15.1 Å². The topological polar surface area (TPSA) is 54.0 Å². The van der Waals surface area contributed by atoms with Crippen molar-refractivity contribution in [2.24, 2.45) is 0 Å². The van der Waals surface area contributed by atoms with Crippen LogP contribution in [0.25, 0.3) is 0 Å². The highest BCUT2D eigenvalue weighted by molar-refractivity contribution is 5.80. The minimum absolute atomic E-state index is 0.0784. The maximum atomic E-state index is 12.2. The Kier molecular flexibility index (Phi) is 9.18. The quantitative estimate of drug-likeness (QED) is 0.561. The van der Waals surface area contributed by atoms with Crippen molar-refractivity contribution in [3.63, 3.8) is 0 Å². The number of nitrogens with one attached hydrogen (secondary N) is 1. The molecule has 0 bridgehead atoms. The van der Waals surface area contributed by atoms with Gasteiger partial charge >= 0.3 is 0 Å². The average Bonchev–Trinajstić information content (AvgIpc) is 2.81. The lowest BCUT2D eigenvalue weighted by molar-refractivity contribution is -0.127. The number of rotatable bonds is 11. The van der Waals surface area contributed by atoms with E-state index >= 15 is 0 Å². The largest absolute Gasteiger partial charge is 0.497 e. The number of methoxy groups -OCH3 is 1. The molecular formula is C25H35N3O3. The van der Waals surface area contributed by atoms with Gasteiger partial charge in [-0.15, -0.1) is 0 Å². The molecule has 1 heterocycles. The van der Waals surface area contributed by atoms with Crippen LogP contribution < -0.4 is 14.8 Å². The smallest absolute Gasteiger partial charge is 0.260 e. The highest BCUT2D eigenvalue weighted by Gasteiger charge is 2.17. The summed E-state index contributed by atoms with van der Waals surface area (Å²) in [5.41, 5.74) is 1.39. The van der Waals surface area contributed by atoms with Gasteiger partial charge < -0.3 is 19.7 Å². The standard InChI is InChI=1S/C25H35N3O3/c1-21(31-24-12-10-23(30-2)11-13-24)25(29)26-14-6-7-15-27-16-18-28(19-17-27)20-22-8-4-3-5-9-22/h3-5,8-13,21H,6-7,14-20H2,1-2H3,(H,26,29). The Labute approximate surface area is 186 Å². The first-order chi connectivity index (χ1) is 15.1. The number of piperazine rings is 1. The summed E-state index contributed by atoms with van der Waals surface area (Å²) in [7, 11) is 1.62. The zero-order valence-electron chi connectivity index (χ0n) is 18.8. The summed E-state index contributed by atoms with van der Waals surface area (Å²) in [6.45, 7) is 9.05. The molecule has 1 N–H and O–H groups in total. The van der Waals surface area contributed by atoms with E-state index in [1.807, 2.05) is 24.3 Å². The SMILES string of the molecule is COc1ccc(OC(C)C(=O)NCCCCN2CCN(Cc3ccccc3)CC2)cc1. The van der Waals surface area contributed by atoms with Crippen LogP contribution in [0.5, 0.6) is 11.5 Å². The summed E-state index contributed by atoms with van der Waals surface area (Å²) in [6.07, 6.45) is 1.55. The summed E-state index contributed by atoms with van der Waals surface area (Å²) >= 11 is 0. The molecule has 31 heavy (non-hydrogen) atoms. The molecule has 1 unspecified atom stereocenters. The molecule has 1 amide bonds. The van der Waals surface area contributed by atoms with Gasteiger partial charge in [0.1, 0.15) is 11.5 Å². The van der Waals surface area contributed by atoms with Gasteiger partial charge in [-0.3, -0.25) is 9.69 Å². The molecule has 1 aliphatic rings. The molecule has 6 heteroatoms. The fourth-order valence-electron chi connectivity index (χ4n) is 3.74. The maximum Gasteiger partial charge on any atom is 0.260 e. The number of hydrogen-bond acceptors (Lipinski definition) is 5. The van der Waals surface area contributed by atoms with Crippen molar-refractivity contribution in [2.75, 3.05) is 46.4 Å². The zero-order valence-corrected chi connectivity index (χ0v) is 18.8. The molecule has 0 aromatic heterocycles. The second-order valence-electron chi connectivity index (χ2n) is 8.04. The number of carbonyl (C=O) groups is 1. The van der Waals surface area contributed by atoms with Gasteiger partial charge in [0, 0.05) is 39.3 Å². The Morgan fingerprint density at radius 1 is 0.935 bits per heavy atom. The van der Waals surface area contributed by atoms with Crippen LogP contribution in [-0.4, -0.2) is 68.2 Å². The van der Waals surface area contributed by atoms with E-state index < -0.39 is 6.10 Å². The normalized spacial score (nSPS) is 15.9. The zero-order chi connectivity index (χ0) is 21.9. The van der Waals surface area contributed by atoms with E-state index in [2.05, 4.69) is 45.4 Å². The lowest BCUT2D eigenvalue weighted by Gasteiger charge is -2.34. The lowest BCUT2D eigenvalue weighted by Crippen LogP contribution is -2.46. The molecule has 0 aliphatic carbocycles. The van der Waals surface area contributed by atoms with Gasteiger partial charge in [-0.05, 0) is 56.1 Å². The molecule has 2 aromatic carbocycles. The number of amides is 1. The monoisotopic (exact) mass is 425 g/mol. The Bertz CT molecular complexity index is 774. The summed E-state index contributed by atoms with van der Waals surface area (Å²) < 4.78 is 10.8. The molecule has 3 rings (SSSR count). The highest BCUT2D eigenvalue weighted by atomic mass is 16.5. The molecule has 1 aliphatic heterocycles. The average molecular weight is 426 g/mol. The van der Waals surface area contributed by atoms with Crippen molar-refractivity contribution in [1.29, 1.82) is 0 Å². The number of carbonyl (C=O) groups excluding carboxylic acids is 1. The number of unbranched alkanes of at least 4 members (excludes halogenated alkanes) is 1. The summed E-state index contributed by atoms with van der Waals surface area (Å²) in [5, 5.41) is 2.98. The first kappa shape index (κ1) is 23.1. The Morgan fingerprint density at radius 2 is 1.58 bits per heavy atom. The van der Waals surface area contributed by atoms with Crippen LogP contribution >= 0.6 is 0 Å². The van der Waals surface area contributed by atoms with Gasteiger partial charge in [0.05, 0.1) is 7.11 Å². The number of benzene rings is 2. The van der Waals surface area contributed by atoms with Crippen LogP contribution in [-0.2, 0) is 11.3 Å². The van der Waals surface area contributed by atoms with Gasteiger partial charge in [0.2, 0.25) is 0 Å². The highest BCUT2D eigenvalue weighted by Crippen LogP contribution is 2.18. The third kappa shape index (κ3) is 7.89. The van der Waals surface area contributed by atoms with E-state index in [9.17, 15) is 4.79 Å². The minimum Gasteiger partial charge on any atom is -0.497 e. The number of hydrogen-bond donors (Lipinski definition) is 1. The summed E-state index contributed by atoms with van der Waals surface area (Å²) in [4.78, 5) is 17.3. The van der Waals surface area contributed by atoms with Crippen molar-refractivity contribution in [2.45, 2.75) is 32.4 Å². The molecule has 1 saturated heterocycles. The first-order valence-corrected chi connectivity index (χ1v) is 11.2. The van der Waals surface area contributed by atoms with E-state index in [4.69, 9.17) is 9.47 Å². The predicted octanol–water partition coefficient (Wildman–Crippen LogP) is 3.18. The van der Waals surface area contributed by atoms with Crippen LogP contribution in [0.15, 0.2) is 54.6 Å². The third-order valence-corrected chi connectivity index (χ3v) is 5.66. The molecule has 1 fully saturated rings. The fraction of sp³-hybridized carbons (Fsp3) is 0.480. The Balaban J connectivity index is 1.24. The second kappa shape index (κ2) is 12.3. The van der Waals surface area contributed by atoms with Crippen molar-refractivity contribution < 1.29 is 14.3 Å². The molecule has 168 valence electrons. The fourth-order valence-corrected chi connectivity index (χ4v) is 3.74. The summed E-state index contributed by atoms with van der Waals surface area (Å²) in [5.74, 6) is 1.35. The lowest BCUT2D eigenvalue weighted by atomic mass is 10.2. The maximum absolute atomic E-state index is 12.2. The van der Waals surface area contributed by atoms with E-state index in [0.717, 1.165) is 57.9 Å². The predicted molar refractivity (Wildman–Crippen MR) is 123 cm³/mol. The van der Waals surface area contributed by atoms with E-state index in [0.29, 0.717) is 12.3 Å². The summed E-state index contributed by atoms with van der Waals surface area (Å²) in [6, 6.07) is 17.9. The van der Waals surface area contributed by atoms with Crippen LogP contribution in [0, 0.1) is 0 Å². The molecule has 2 aromatic rings. The molecule has 0 saturated carbocycles. The first-order valence-electron chi connectivity index (χ1n) is 11.2. The van der Waals surface area contributed by atoms with Crippen LogP contribution in [0.3, 0.4) is 0 Å². The third-order valence-electron chi connectivity index (χ3n) is 5.66. The minimum atomic E-state index is -0.522. The molecule has 1 atom stereocenters.